The molecule has 0 amide bonds. The van der Waals surface area contributed by atoms with Crippen molar-refractivity contribution in [1.29, 1.82) is 0 Å². The largest absolute Gasteiger partial charge is 0.459 e. The summed E-state index contributed by atoms with van der Waals surface area (Å²) in [4.78, 5) is 12.5. The highest BCUT2D eigenvalue weighted by Gasteiger charge is 2.45. The van der Waals surface area contributed by atoms with Gasteiger partial charge in [0.25, 0.3) is 0 Å². The van der Waals surface area contributed by atoms with Crippen LogP contribution < -0.4 is 0 Å². The van der Waals surface area contributed by atoms with Gasteiger partial charge in [0.15, 0.2) is 6.29 Å². The number of carbonyl (C=O) groups excluding carboxylic acids is 1. The average Bonchev–Trinajstić information content (AvgIpc) is 3.13. The van der Waals surface area contributed by atoms with E-state index in [1.807, 2.05) is 19.9 Å². The summed E-state index contributed by atoms with van der Waals surface area (Å²) in [6, 6.07) is 0. The Labute approximate surface area is 321 Å². The van der Waals surface area contributed by atoms with Gasteiger partial charge in [0.05, 0.1) is 31.5 Å². The summed E-state index contributed by atoms with van der Waals surface area (Å²) in [7, 11) is 0. The molecule has 0 saturated carbocycles. The van der Waals surface area contributed by atoms with E-state index in [2.05, 4.69) is 26.8 Å². The minimum atomic E-state index is -1.71. The molecule has 54 heavy (non-hydrogen) atoms. The number of esters is 1. The third-order valence-corrected chi connectivity index (χ3v) is 10.3. The number of hydrogen-bond acceptors (Lipinski definition) is 14. The molecular formula is C40H70O14. The number of ether oxygens (including phenoxy) is 3. The second kappa shape index (κ2) is 23.9. The van der Waals surface area contributed by atoms with Crippen molar-refractivity contribution < 1.29 is 70.1 Å². The molecule has 10 N–H and O–H groups in total. The van der Waals surface area contributed by atoms with E-state index in [-0.39, 0.29) is 17.4 Å². The lowest BCUT2D eigenvalue weighted by molar-refractivity contribution is -0.310. The van der Waals surface area contributed by atoms with Crippen LogP contribution in [0.25, 0.3) is 0 Å². The van der Waals surface area contributed by atoms with Gasteiger partial charge in [-0.1, -0.05) is 72.3 Å². The van der Waals surface area contributed by atoms with Crippen molar-refractivity contribution in [1.82, 2.24) is 0 Å². The van der Waals surface area contributed by atoms with Crippen LogP contribution in [-0.4, -0.2) is 144 Å². The predicted molar refractivity (Wildman–Crippen MR) is 202 cm³/mol. The number of hydrogen-bond donors (Lipinski definition) is 10. The van der Waals surface area contributed by atoms with Gasteiger partial charge in [-0.2, -0.15) is 0 Å². The summed E-state index contributed by atoms with van der Waals surface area (Å²) in [5.41, 5.74) is 2.14. The van der Waals surface area contributed by atoms with Crippen LogP contribution in [0, 0.1) is 29.6 Å². The molecule has 0 aromatic heterocycles. The molecule has 0 aromatic rings. The van der Waals surface area contributed by atoms with Crippen LogP contribution in [0.3, 0.4) is 0 Å². The smallest absolute Gasteiger partial charge is 0.333 e. The van der Waals surface area contributed by atoms with E-state index >= 15 is 0 Å². The summed E-state index contributed by atoms with van der Waals surface area (Å²) < 4.78 is 17.0. The lowest BCUT2D eigenvalue weighted by Gasteiger charge is -2.41. The van der Waals surface area contributed by atoms with Crippen LogP contribution in [0.15, 0.2) is 46.6 Å². The molecule has 2 unspecified atom stereocenters. The third-order valence-electron chi connectivity index (χ3n) is 10.3. The molecule has 16 atom stereocenters. The normalized spacial score (nSPS) is 28.3. The Morgan fingerprint density at radius 3 is 1.78 bits per heavy atom. The van der Waals surface area contributed by atoms with Gasteiger partial charge in [-0.05, 0) is 62.7 Å². The highest BCUT2D eigenvalue weighted by molar-refractivity contribution is 5.87. The second-order valence-electron chi connectivity index (χ2n) is 15.4. The van der Waals surface area contributed by atoms with Gasteiger partial charge in [-0.25, -0.2) is 4.79 Å². The molecule has 1 saturated heterocycles. The number of aliphatic hydroxyl groups is 10. The molecule has 14 nitrogen and oxygen atoms in total. The molecule has 0 bridgehead atoms. The van der Waals surface area contributed by atoms with Crippen molar-refractivity contribution in [3.63, 3.8) is 0 Å². The minimum Gasteiger partial charge on any atom is -0.459 e. The first-order valence-electron chi connectivity index (χ1n) is 19.0. The van der Waals surface area contributed by atoms with Gasteiger partial charge < -0.3 is 65.3 Å². The summed E-state index contributed by atoms with van der Waals surface area (Å²) in [6.07, 6.45) is -5.61. The Bertz CT molecular complexity index is 1250. The molecule has 314 valence electrons. The summed E-state index contributed by atoms with van der Waals surface area (Å²) >= 11 is 0. The Kier molecular flexibility index (Phi) is 22.1. The van der Waals surface area contributed by atoms with Crippen molar-refractivity contribution >= 4 is 5.97 Å². The molecular weight excluding hydrogens is 704 g/mol. The maximum absolute atomic E-state index is 12.5. The fourth-order valence-electron chi connectivity index (χ4n) is 6.71. The molecule has 0 radical (unpaired) electrons. The molecule has 1 rings (SSSR count). The topological polar surface area (TPSA) is 247 Å². The molecule has 0 aliphatic carbocycles. The monoisotopic (exact) mass is 774 g/mol. The van der Waals surface area contributed by atoms with Crippen LogP contribution in [0.4, 0.5) is 0 Å². The molecule has 0 spiro atoms. The SMILES string of the molecule is CCC(C)CC(C)/C=C(\C)[C@@H](O[C@@H]1O[C@H](CO)[C@@H](O)[C@H](O)[C@@H]1O)[C@@H](C)/C=C(\C)[C@@H](O)[C@@H](C)/C=C(\C)[C@@H](O)[C@@H](C)/C=C(\C)C(=O)OC[C@@H](O)[C@H](O)[C@H](O)CO. The lowest BCUT2D eigenvalue weighted by atomic mass is 9.87. The first-order chi connectivity index (χ1) is 25.1. The van der Waals surface area contributed by atoms with Crippen molar-refractivity contribution in [3.05, 3.63) is 46.6 Å². The van der Waals surface area contributed by atoms with Gasteiger partial charge in [-0.15, -0.1) is 0 Å². The highest BCUT2D eigenvalue weighted by atomic mass is 16.7. The summed E-state index contributed by atoms with van der Waals surface area (Å²) in [6.45, 7) is 16.7. The van der Waals surface area contributed by atoms with Gasteiger partial charge >= 0.3 is 5.97 Å². The maximum atomic E-state index is 12.5. The van der Waals surface area contributed by atoms with Crippen molar-refractivity contribution in [2.24, 2.45) is 29.6 Å². The molecule has 1 aliphatic rings. The zero-order valence-corrected chi connectivity index (χ0v) is 33.7. The number of rotatable bonds is 22. The van der Waals surface area contributed by atoms with E-state index in [4.69, 9.17) is 19.3 Å². The quantitative estimate of drug-likeness (QED) is 0.0423. The predicted octanol–water partition coefficient (Wildman–Crippen LogP) is 1.28. The fourth-order valence-corrected chi connectivity index (χ4v) is 6.71. The fraction of sp³-hybridized carbons (Fsp3) is 0.775. The Morgan fingerprint density at radius 2 is 1.26 bits per heavy atom. The van der Waals surface area contributed by atoms with Crippen LogP contribution >= 0.6 is 0 Å². The number of carbonyl (C=O) groups is 1. The zero-order chi connectivity index (χ0) is 41.6. The van der Waals surface area contributed by atoms with Crippen LogP contribution in [0.5, 0.6) is 0 Å². The Balaban J connectivity index is 3.18. The lowest BCUT2D eigenvalue weighted by Crippen LogP contribution is -2.60. The Hall–Kier alpha value is -2.05. The van der Waals surface area contributed by atoms with E-state index in [0.717, 1.165) is 18.4 Å². The molecule has 1 aliphatic heterocycles. The van der Waals surface area contributed by atoms with E-state index in [9.17, 15) is 50.8 Å². The highest BCUT2D eigenvalue weighted by Crippen LogP contribution is 2.30. The minimum absolute atomic E-state index is 0.138. The van der Waals surface area contributed by atoms with Gasteiger partial charge in [0, 0.05) is 23.3 Å². The Morgan fingerprint density at radius 1 is 0.722 bits per heavy atom. The maximum Gasteiger partial charge on any atom is 0.333 e. The third kappa shape index (κ3) is 15.1. The van der Waals surface area contributed by atoms with Crippen molar-refractivity contribution in [3.8, 4) is 0 Å². The van der Waals surface area contributed by atoms with Crippen LogP contribution in [-0.2, 0) is 19.0 Å². The van der Waals surface area contributed by atoms with Gasteiger partial charge in [-0.3, -0.25) is 0 Å². The molecule has 1 fully saturated rings. The van der Waals surface area contributed by atoms with E-state index in [1.54, 1.807) is 33.8 Å². The standard InChI is InChI=1S/C40H70O14/c1-11-20(2)12-21(3)13-26(8)38(54-40-37(50)36(49)35(48)31(18-42)53-40)27(9)15-24(6)32(45)22(4)14-23(5)33(46)25(7)16-28(10)39(51)52-19-30(44)34(47)29(43)17-41/h13-16,20-22,25,27,29-38,40-50H,11-12,17-19H2,1-10H3/b23-14+,24-15+,26-13+,28-16+/t20?,21?,22-,25-,27-,29+,30+,31+,32-,33+,34+,35+,36-,37-,38+,40-/m0/s1. The average molecular weight is 775 g/mol. The van der Waals surface area contributed by atoms with Crippen molar-refractivity contribution in [2.45, 2.75) is 149 Å². The van der Waals surface area contributed by atoms with Gasteiger partial charge in [0.1, 0.15) is 49.3 Å². The second-order valence-corrected chi connectivity index (χ2v) is 15.4. The number of aliphatic hydroxyl groups excluding tert-OH is 10. The van der Waals surface area contributed by atoms with E-state index < -0.39 is 105 Å². The summed E-state index contributed by atoms with van der Waals surface area (Å²) in [5, 5.41) is 102. The first-order valence-corrected chi connectivity index (χ1v) is 19.0. The van der Waals surface area contributed by atoms with Gasteiger partial charge in [0.2, 0.25) is 0 Å². The summed E-state index contributed by atoms with van der Waals surface area (Å²) in [5.74, 6) is -1.49. The van der Waals surface area contributed by atoms with E-state index in [1.165, 1.54) is 13.0 Å². The molecule has 1 heterocycles. The van der Waals surface area contributed by atoms with Crippen LogP contribution in [0.1, 0.15) is 82.1 Å². The molecule has 14 heteroatoms. The van der Waals surface area contributed by atoms with E-state index in [0.29, 0.717) is 17.1 Å². The zero-order valence-electron chi connectivity index (χ0n) is 33.7. The first kappa shape index (κ1) is 50.0. The molecule has 0 aromatic carbocycles. The van der Waals surface area contributed by atoms with Crippen molar-refractivity contribution in [2.75, 3.05) is 19.8 Å². The van der Waals surface area contributed by atoms with Crippen LogP contribution in [0.2, 0.25) is 0 Å². The number of allylic oxidation sites excluding steroid dienone is 1.